The highest BCUT2D eigenvalue weighted by molar-refractivity contribution is 5.93. The van der Waals surface area contributed by atoms with Crippen molar-refractivity contribution < 1.29 is 5.11 Å². The summed E-state index contributed by atoms with van der Waals surface area (Å²) in [5.74, 6) is 1.15. The van der Waals surface area contributed by atoms with Gasteiger partial charge in [0, 0.05) is 60.8 Å². The van der Waals surface area contributed by atoms with Crippen LogP contribution in [-0.2, 0) is 0 Å². The average molecular weight is 431 g/mol. The van der Waals surface area contributed by atoms with Gasteiger partial charge in [-0.25, -0.2) is 9.97 Å². The predicted octanol–water partition coefficient (Wildman–Crippen LogP) is 3.66. The van der Waals surface area contributed by atoms with Crippen molar-refractivity contribution in [2.75, 3.05) is 30.8 Å². The molecule has 5 rings (SSSR count). The zero-order valence-corrected chi connectivity index (χ0v) is 18.7. The van der Waals surface area contributed by atoms with Gasteiger partial charge >= 0.3 is 0 Å². The van der Waals surface area contributed by atoms with Gasteiger partial charge in [0.1, 0.15) is 11.6 Å². The highest BCUT2D eigenvalue weighted by Gasteiger charge is 2.27. The molecule has 1 aliphatic carbocycles. The Labute approximate surface area is 188 Å². The molecule has 2 fully saturated rings. The fraction of sp³-hybridized carbons (Fsp3) is 0.400. The number of anilines is 2. The molecule has 0 radical (unpaired) electrons. The van der Waals surface area contributed by atoms with Crippen LogP contribution in [0.2, 0.25) is 0 Å². The van der Waals surface area contributed by atoms with Crippen LogP contribution in [0.3, 0.4) is 0 Å². The van der Waals surface area contributed by atoms with Gasteiger partial charge in [-0.15, -0.1) is 0 Å². The van der Waals surface area contributed by atoms with Gasteiger partial charge in [0.15, 0.2) is 0 Å². The third-order valence-corrected chi connectivity index (χ3v) is 6.79. The molecule has 1 saturated carbocycles. The topological polar surface area (TPSA) is 99.7 Å². The Bertz CT molecular complexity index is 1190. The molecule has 0 spiro atoms. The molecule has 2 aliphatic rings. The Morgan fingerprint density at radius 1 is 1.12 bits per heavy atom. The number of phenolic OH excluding ortho intramolecular Hbond substituents is 1. The standard InChI is InChI=1S/C25H30N6O/c1-15-24(26)16(13-27-2)12-19(25(15)32)20-6-7-22-21(29-20)8-9-23(30-22)31-11-10-18(14-31)28-17-4-3-5-17/h6-9,12-13,17-18,28,32H,3-5,10-11,14,26H2,1-2H3. The number of fused-ring (bicyclic) bond motifs is 1. The second kappa shape index (κ2) is 8.39. The minimum Gasteiger partial charge on any atom is -0.507 e. The Morgan fingerprint density at radius 3 is 2.66 bits per heavy atom. The van der Waals surface area contributed by atoms with E-state index >= 15 is 0 Å². The summed E-state index contributed by atoms with van der Waals surface area (Å²) in [6.07, 6.45) is 6.84. The number of nitrogens with zero attached hydrogens (tertiary/aromatic N) is 4. The number of aromatic hydroxyl groups is 1. The number of aromatic nitrogens is 2. The van der Waals surface area contributed by atoms with E-state index in [0.29, 0.717) is 34.6 Å². The number of nitrogens with one attached hydrogen (secondary N) is 1. The first-order valence-corrected chi connectivity index (χ1v) is 11.4. The molecule has 1 aliphatic heterocycles. The van der Waals surface area contributed by atoms with Crippen LogP contribution in [0, 0.1) is 6.92 Å². The molecule has 0 bridgehead atoms. The van der Waals surface area contributed by atoms with Crippen LogP contribution < -0.4 is 16.0 Å². The molecule has 3 aromatic rings. The molecule has 7 heteroatoms. The summed E-state index contributed by atoms with van der Waals surface area (Å²) in [5, 5.41) is 14.5. The van der Waals surface area contributed by atoms with Crippen LogP contribution >= 0.6 is 0 Å². The summed E-state index contributed by atoms with van der Waals surface area (Å²) in [6.45, 7) is 3.83. The lowest BCUT2D eigenvalue weighted by Crippen LogP contribution is -2.43. The zero-order chi connectivity index (χ0) is 22.2. The Hall–Kier alpha value is -3.19. The summed E-state index contributed by atoms with van der Waals surface area (Å²) < 4.78 is 0. The number of nitrogens with two attached hydrogens (primary N) is 1. The molecular formula is C25H30N6O. The van der Waals surface area contributed by atoms with Crippen molar-refractivity contribution in [3.8, 4) is 17.0 Å². The molecule has 1 unspecified atom stereocenters. The van der Waals surface area contributed by atoms with Crippen molar-refractivity contribution >= 4 is 28.8 Å². The summed E-state index contributed by atoms with van der Waals surface area (Å²) >= 11 is 0. The minimum absolute atomic E-state index is 0.147. The Morgan fingerprint density at radius 2 is 1.91 bits per heavy atom. The van der Waals surface area contributed by atoms with Gasteiger partial charge in [0.05, 0.1) is 16.7 Å². The molecule has 1 atom stereocenters. The van der Waals surface area contributed by atoms with Crippen LogP contribution in [-0.4, -0.2) is 53.5 Å². The molecule has 7 nitrogen and oxygen atoms in total. The lowest BCUT2D eigenvalue weighted by molar-refractivity contribution is 0.311. The van der Waals surface area contributed by atoms with Crippen molar-refractivity contribution in [3.63, 3.8) is 0 Å². The van der Waals surface area contributed by atoms with E-state index in [1.54, 1.807) is 20.2 Å². The number of rotatable bonds is 5. The minimum atomic E-state index is 0.147. The lowest BCUT2D eigenvalue weighted by Gasteiger charge is -2.30. The van der Waals surface area contributed by atoms with Crippen LogP contribution in [0.25, 0.3) is 22.3 Å². The van der Waals surface area contributed by atoms with Crippen molar-refractivity contribution in [2.24, 2.45) is 4.99 Å². The van der Waals surface area contributed by atoms with E-state index in [-0.39, 0.29) is 5.75 Å². The van der Waals surface area contributed by atoms with Crippen molar-refractivity contribution in [1.82, 2.24) is 15.3 Å². The first-order chi connectivity index (χ1) is 15.5. The summed E-state index contributed by atoms with van der Waals surface area (Å²) in [5.41, 5.74) is 11.0. The molecule has 32 heavy (non-hydrogen) atoms. The van der Waals surface area contributed by atoms with Gasteiger partial charge in [-0.05, 0) is 56.5 Å². The monoisotopic (exact) mass is 430 g/mol. The molecule has 4 N–H and O–H groups in total. The fourth-order valence-corrected chi connectivity index (χ4v) is 4.63. The molecule has 2 aromatic heterocycles. The van der Waals surface area contributed by atoms with Gasteiger partial charge < -0.3 is 21.1 Å². The Balaban J connectivity index is 1.41. The Kier molecular flexibility index (Phi) is 5.43. The van der Waals surface area contributed by atoms with Gasteiger partial charge in [-0.2, -0.15) is 0 Å². The van der Waals surface area contributed by atoms with E-state index in [1.165, 1.54) is 19.3 Å². The number of aliphatic imine (C=N–C) groups is 1. The van der Waals surface area contributed by atoms with Gasteiger partial charge in [0.2, 0.25) is 0 Å². The highest BCUT2D eigenvalue weighted by atomic mass is 16.3. The number of nitrogen functional groups attached to an aromatic ring is 1. The van der Waals surface area contributed by atoms with E-state index in [2.05, 4.69) is 15.2 Å². The van der Waals surface area contributed by atoms with E-state index < -0.39 is 0 Å². The fourth-order valence-electron chi connectivity index (χ4n) is 4.63. The number of benzene rings is 1. The van der Waals surface area contributed by atoms with Crippen molar-refractivity contribution in [1.29, 1.82) is 0 Å². The third kappa shape index (κ3) is 3.77. The summed E-state index contributed by atoms with van der Waals surface area (Å²) in [4.78, 5) is 16.1. The first-order valence-electron chi connectivity index (χ1n) is 11.4. The predicted molar refractivity (Wildman–Crippen MR) is 131 cm³/mol. The van der Waals surface area contributed by atoms with Gasteiger partial charge in [0.25, 0.3) is 0 Å². The maximum atomic E-state index is 10.7. The SMILES string of the molecule is CN=Cc1cc(-c2ccc3nc(N4CCC(NC5CCC5)C4)ccc3n2)c(O)c(C)c1N. The quantitative estimate of drug-likeness (QED) is 0.422. The number of hydrogen-bond acceptors (Lipinski definition) is 7. The molecule has 0 amide bonds. The number of pyridine rings is 2. The summed E-state index contributed by atoms with van der Waals surface area (Å²) in [7, 11) is 1.70. The second-order valence-corrected chi connectivity index (χ2v) is 8.92. The lowest BCUT2D eigenvalue weighted by atomic mass is 9.92. The largest absolute Gasteiger partial charge is 0.507 e. The van der Waals surface area contributed by atoms with Crippen LogP contribution in [0.15, 0.2) is 35.3 Å². The van der Waals surface area contributed by atoms with Gasteiger partial charge in [-0.3, -0.25) is 4.99 Å². The molecule has 1 aromatic carbocycles. The van der Waals surface area contributed by atoms with Crippen molar-refractivity contribution in [3.05, 3.63) is 41.5 Å². The van der Waals surface area contributed by atoms with Crippen LogP contribution in [0.4, 0.5) is 11.5 Å². The smallest absolute Gasteiger partial charge is 0.129 e. The van der Waals surface area contributed by atoms with E-state index in [4.69, 9.17) is 15.7 Å². The molecule has 3 heterocycles. The molecule has 1 saturated heterocycles. The second-order valence-electron chi connectivity index (χ2n) is 8.92. The molecule has 166 valence electrons. The average Bonchev–Trinajstić information content (AvgIpc) is 3.25. The zero-order valence-electron chi connectivity index (χ0n) is 18.7. The summed E-state index contributed by atoms with van der Waals surface area (Å²) in [6, 6.07) is 11.0. The van der Waals surface area contributed by atoms with Gasteiger partial charge in [-0.1, -0.05) is 6.42 Å². The first kappa shape index (κ1) is 20.7. The van der Waals surface area contributed by atoms with E-state index in [9.17, 15) is 5.11 Å². The number of phenols is 1. The normalized spacial score (nSPS) is 19.2. The van der Waals surface area contributed by atoms with Crippen LogP contribution in [0.5, 0.6) is 5.75 Å². The highest BCUT2D eigenvalue weighted by Crippen LogP contribution is 2.36. The van der Waals surface area contributed by atoms with E-state index in [1.807, 2.05) is 30.3 Å². The molecular weight excluding hydrogens is 400 g/mol. The maximum Gasteiger partial charge on any atom is 0.129 e. The van der Waals surface area contributed by atoms with Crippen LogP contribution in [0.1, 0.15) is 36.8 Å². The third-order valence-electron chi connectivity index (χ3n) is 6.79. The number of hydrogen-bond donors (Lipinski definition) is 3. The maximum absolute atomic E-state index is 10.7. The van der Waals surface area contributed by atoms with Crippen molar-refractivity contribution in [2.45, 2.75) is 44.7 Å². The van der Waals surface area contributed by atoms with E-state index in [0.717, 1.165) is 41.9 Å².